The summed E-state index contributed by atoms with van der Waals surface area (Å²) in [5.41, 5.74) is 0. The quantitative estimate of drug-likeness (QED) is 0.759. The Morgan fingerprint density at radius 2 is 2.00 bits per heavy atom. The van der Waals surface area contributed by atoms with Crippen LogP contribution in [0.5, 0.6) is 0 Å². The number of nitrogens with one attached hydrogen (secondary N) is 1. The third-order valence-electron chi connectivity index (χ3n) is 3.95. The highest BCUT2D eigenvalue weighted by atomic mass is 16.2. The van der Waals surface area contributed by atoms with Gasteiger partial charge in [-0.3, -0.25) is 4.79 Å². The Morgan fingerprint density at radius 1 is 1.31 bits per heavy atom. The minimum absolute atomic E-state index is 0.221. The average Bonchev–Trinajstić information content (AvgIpc) is 2.61. The van der Waals surface area contributed by atoms with E-state index in [1.165, 1.54) is 0 Å². The van der Waals surface area contributed by atoms with Crippen molar-refractivity contribution < 1.29 is 4.79 Å². The molecule has 1 saturated heterocycles. The van der Waals surface area contributed by atoms with Crippen molar-refractivity contribution in [1.29, 1.82) is 0 Å². The van der Waals surface area contributed by atoms with Crippen LogP contribution in [-0.2, 0) is 4.79 Å². The van der Waals surface area contributed by atoms with Gasteiger partial charge < -0.3 is 5.32 Å². The molecule has 1 heterocycles. The molecule has 2 unspecified atom stereocenters. The lowest BCUT2D eigenvalue weighted by Crippen LogP contribution is -2.40. The Hall–Kier alpha value is -1.05. The molecule has 4 atom stereocenters. The van der Waals surface area contributed by atoms with Crippen LogP contribution in [0.3, 0.4) is 0 Å². The smallest absolute Gasteiger partial charge is 0.220 e. The molecule has 0 radical (unpaired) electrons. The van der Waals surface area contributed by atoms with E-state index in [9.17, 15) is 4.79 Å². The maximum absolute atomic E-state index is 11.6. The second-order valence-corrected chi connectivity index (χ2v) is 5.41. The Bertz CT molecular complexity index is 330. The minimum Gasteiger partial charge on any atom is -0.352 e. The summed E-state index contributed by atoms with van der Waals surface area (Å²) in [6.45, 7) is 6.66. The molecule has 0 aromatic heterocycles. The normalized spacial score (nSPS) is 38.1. The SMILES string of the molecule is CC1C=CC=CC1[C@@H]1NC(=O)C[C@H]1C(C)C. The molecule has 1 amide bonds. The minimum atomic E-state index is 0.221. The first kappa shape index (κ1) is 11.4. The van der Waals surface area contributed by atoms with E-state index < -0.39 is 0 Å². The Labute approximate surface area is 97.8 Å². The molecular weight excluding hydrogens is 198 g/mol. The van der Waals surface area contributed by atoms with E-state index in [1.807, 2.05) is 0 Å². The van der Waals surface area contributed by atoms with Crippen LogP contribution in [0, 0.1) is 23.7 Å². The highest BCUT2D eigenvalue weighted by Crippen LogP contribution is 2.34. The summed E-state index contributed by atoms with van der Waals surface area (Å²) in [6, 6.07) is 0.323. The van der Waals surface area contributed by atoms with E-state index in [-0.39, 0.29) is 5.91 Å². The molecule has 2 aliphatic rings. The van der Waals surface area contributed by atoms with Gasteiger partial charge >= 0.3 is 0 Å². The van der Waals surface area contributed by atoms with Crippen molar-refractivity contribution in [2.24, 2.45) is 23.7 Å². The average molecular weight is 219 g/mol. The number of hydrogen-bond donors (Lipinski definition) is 1. The summed E-state index contributed by atoms with van der Waals surface area (Å²) >= 11 is 0. The molecule has 2 nitrogen and oxygen atoms in total. The lowest BCUT2D eigenvalue weighted by Gasteiger charge is -2.32. The summed E-state index contributed by atoms with van der Waals surface area (Å²) < 4.78 is 0. The fraction of sp³-hybridized carbons (Fsp3) is 0.643. The van der Waals surface area contributed by atoms with Crippen molar-refractivity contribution in [2.45, 2.75) is 33.2 Å². The molecule has 88 valence electrons. The van der Waals surface area contributed by atoms with Crippen LogP contribution < -0.4 is 5.32 Å². The van der Waals surface area contributed by atoms with Gasteiger partial charge in [0.15, 0.2) is 0 Å². The van der Waals surface area contributed by atoms with Gasteiger partial charge in [-0.2, -0.15) is 0 Å². The molecule has 0 bridgehead atoms. The van der Waals surface area contributed by atoms with E-state index in [2.05, 4.69) is 50.4 Å². The van der Waals surface area contributed by atoms with Crippen molar-refractivity contribution in [3.63, 3.8) is 0 Å². The maximum Gasteiger partial charge on any atom is 0.220 e. The van der Waals surface area contributed by atoms with Crippen molar-refractivity contribution in [1.82, 2.24) is 5.32 Å². The summed E-state index contributed by atoms with van der Waals surface area (Å²) in [5, 5.41) is 3.16. The standard InChI is InChI=1S/C14H21NO/c1-9(2)12-8-13(16)15-14(12)11-7-5-4-6-10(11)3/h4-7,9-12,14H,8H2,1-3H3,(H,15,16)/t10?,11?,12-,14-/m0/s1. The number of hydrogen-bond acceptors (Lipinski definition) is 1. The molecule has 0 aromatic rings. The third-order valence-corrected chi connectivity index (χ3v) is 3.95. The first-order chi connectivity index (χ1) is 7.59. The van der Waals surface area contributed by atoms with Crippen molar-refractivity contribution in [3.8, 4) is 0 Å². The van der Waals surface area contributed by atoms with Gasteiger partial charge in [0.2, 0.25) is 5.91 Å². The lowest BCUT2D eigenvalue weighted by atomic mass is 9.76. The van der Waals surface area contributed by atoms with Crippen LogP contribution in [0.2, 0.25) is 0 Å². The summed E-state index contributed by atoms with van der Waals surface area (Å²) in [7, 11) is 0. The van der Waals surface area contributed by atoms with Crippen LogP contribution in [0.1, 0.15) is 27.2 Å². The van der Waals surface area contributed by atoms with Gasteiger partial charge in [-0.25, -0.2) is 0 Å². The van der Waals surface area contributed by atoms with E-state index in [0.717, 1.165) is 0 Å². The fourth-order valence-electron chi connectivity index (χ4n) is 2.91. The molecule has 1 N–H and O–H groups in total. The number of carbonyl (C=O) groups is 1. The first-order valence-corrected chi connectivity index (χ1v) is 6.24. The van der Waals surface area contributed by atoms with Gasteiger partial charge in [-0.05, 0) is 17.8 Å². The molecule has 0 saturated carbocycles. The molecule has 16 heavy (non-hydrogen) atoms. The van der Waals surface area contributed by atoms with Gasteiger partial charge in [-0.15, -0.1) is 0 Å². The number of amides is 1. The fourth-order valence-corrected chi connectivity index (χ4v) is 2.91. The highest BCUT2D eigenvalue weighted by molar-refractivity contribution is 5.79. The van der Waals surface area contributed by atoms with E-state index in [4.69, 9.17) is 0 Å². The number of rotatable bonds is 2. The van der Waals surface area contributed by atoms with E-state index in [0.29, 0.717) is 36.1 Å². The second kappa shape index (κ2) is 4.44. The Kier molecular flexibility index (Phi) is 3.17. The van der Waals surface area contributed by atoms with Gasteiger partial charge in [0.25, 0.3) is 0 Å². The van der Waals surface area contributed by atoms with Gasteiger partial charge in [-0.1, -0.05) is 45.1 Å². The zero-order valence-electron chi connectivity index (χ0n) is 10.3. The zero-order valence-corrected chi connectivity index (χ0v) is 10.3. The molecule has 2 heteroatoms. The summed E-state index contributed by atoms with van der Waals surface area (Å²) in [4.78, 5) is 11.6. The van der Waals surface area contributed by atoms with Crippen LogP contribution in [0.15, 0.2) is 24.3 Å². The van der Waals surface area contributed by atoms with Crippen molar-refractivity contribution >= 4 is 5.91 Å². The molecule has 1 aliphatic carbocycles. The van der Waals surface area contributed by atoms with Crippen LogP contribution in [-0.4, -0.2) is 11.9 Å². The second-order valence-electron chi connectivity index (χ2n) is 5.41. The van der Waals surface area contributed by atoms with Gasteiger partial charge in [0.05, 0.1) is 0 Å². The molecule has 1 aliphatic heterocycles. The van der Waals surface area contributed by atoms with Crippen LogP contribution in [0.4, 0.5) is 0 Å². The lowest BCUT2D eigenvalue weighted by molar-refractivity contribution is -0.119. The van der Waals surface area contributed by atoms with Crippen LogP contribution >= 0.6 is 0 Å². The highest BCUT2D eigenvalue weighted by Gasteiger charge is 2.39. The molecule has 0 aromatic carbocycles. The third kappa shape index (κ3) is 2.06. The number of carbonyl (C=O) groups excluding carboxylic acids is 1. The predicted molar refractivity (Wildman–Crippen MR) is 65.8 cm³/mol. The largest absolute Gasteiger partial charge is 0.352 e. The topological polar surface area (TPSA) is 29.1 Å². The zero-order chi connectivity index (χ0) is 11.7. The summed E-state index contributed by atoms with van der Waals surface area (Å²) in [6.07, 6.45) is 9.38. The maximum atomic E-state index is 11.6. The summed E-state index contributed by atoms with van der Waals surface area (Å²) in [5.74, 6) is 2.25. The molecule has 2 rings (SSSR count). The van der Waals surface area contributed by atoms with Crippen LogP contribution in [0.25, 0.3) is 0 Å². The predicted octanol–water partition coefficient (Wildman–Crippen LogP) is 2.53. The monoisotopic (exact) mass is 219 g/mol. The Morgan fingerprint density at radius 3 is 2.62 bits per heavy atom. The van der Waals surface area contributed by atoms with E-state index >= 15 is 0 Å². The Balaban J connectivity index is 2.16. The number of allylic oxidation sites excluding steroid dienone is 3. The first-order valence-electron chi connectivity index (χ1n) is 6.24. The molecule has 1 fully saturated rings. The van der Waals surface area contributed by atoms with Crippen molar-refractivity contribution in [3.05, 3.63) is 24.3 Å². The van der Waals surface area contributed by atoms with Gasteiger partial charge in [0, 0.05) is 18.4 Å². The molecular formula is C14H21NO. The van der Waals surface area contributed by atoms with E-state index in [1.54, 1.807) is 0 Å². The molecule has 0 spiro atoms. The van der Waals surface area contributed by atoms with Gasteiger partial charge in [0.1, 0.15) is 0 Å². The van der Waals surface area contributed by atoms with Crippen molar-refractivity contribution in [2.75, 3.05) is 0 Å².